The van der Waals surface area contributed by atoms with E-state index in [-0.39, 0.29) is 6.03 Å². The first kappa shape index (κ1) is 17.1. The summed E-state index contributed by atoms with van der Waals surface area (Å²) in [7, 11) is 0. The van der Waals surface area contributed by atoms with Crippen LogP contribution in [0.5, 0.6) is 5.75 Å². The van der Waals surface area contributed by atoms with Crippen LogP contribution in [0.2, 0.25) is 0 Å². The molecule has 1 aliphatic heterocycles. The predicted molar refractivity (Wildman–Crippen MR) is 95.7 cm³/mol. The van der Waals surface area contributed by atoms with Gasteiger partial charge in [0.15, 0.2) is 0 Å². The number of carbonyl (C=O) groups is 1. The Morgan fingerprint density at radius 3 is 2.62 bits per heavy atom. The summed E-state index contributed by atoms with van der Waals surface area (Å²) in [5, 5.41) is 2.96. The van der Waals surface area contributed by atoms with Gasteiger partial charge in [0.2, 0.25) is 0 Å². The molecule has 0 saturated carbocycles. The summed E-state index contributed by atoms with van der Waals surface area (Å²) in [4.78, 5) is 16.4. The summed E-state index contributed by atoms with van der Waals surface area (Å²) in [6.45, 7) is 7.84. The predicted octanol–water partition coefficient (Wildman–Crippen LogP) is 2.29. The summed E-state index contributed by atoms with van der Waals surface area (Å²) in [5.74, 6) is 0.918. The third-order valence-corrected chi connectivity index (χ3v) is 5.07. The molecule has 1 aliphatic carbocycles. The van der Waals surface area contributed by atoms with E-state index in [1.807, 2.05) is 4.90 Å². The van der Waals surface area contributed by atoms with Gasteiger partial charge in [-0.2, -0.15) is 0 Å². The highest BCUT2D eigenvalue weighted by Crippen LogP contribution is 2.25. The first-order valence-corrected chi connectivity index (χ1v) is 9.26. The van der Waals surface area contributed by atoms with Gasteiger partial charge in [-0.15, -0.1) is 0 Å². The molecule has 0 unspecified atom stereocenters. The Kier molecular flexibility index (Phi) is 5.96. The molecule has 5 heteroatoms. The number of ether oxygens (including phenoxy) is 1. The van der Waals surface area contributed by atoms with Crippen LogP contribution < -0.4 is 10.1 Å². The molecule has 3 rings (SSSR count). The van der Waals surface area contributed by atoms with Crippen molar-refractivity contribution in [2.24, 2.45) is 0 Å². The third-order valence-electron chi connectivity index (χ3n) is 5.07. The average Bonchev–Trinajstić information content (AvgIpc) is 2.65. The van der Waals surface area contributed by atoms with Crippen molar-refractivity contribution in [3.8, 4) is 5.75 Å². The van der Waals surface area contributed by atoms with Gasteiger partial charge < -0.3 is 19.9 Å². The van der Waals surface area contributed by atoms with E-state index in [2.05, 4.69) is 35.3 Å². The lowest BCUT2D eigenvalue weighted by atomic mass is 9.92. The zero-order chi connectivity index (χ0) is 16.8. The molecule has 0 atom stereocenters. The Labute approximate surface area is 145 Å². The van der Waals surface area contributed by atoms with Crippen LogP contribution in [0.1, 0.15) is 30.9 Å². The molecule has 0 spiro atoms. The highest BCUT2D eigenvalue weighted by molar-refractivity contribution is 5.74. The minimum atomic E-state index is 0.0276. The second-order valence-corrected chi connectivity index (χ2v) is 6.64. The maximum absolute atomic E-state index is 12.1. The number of rotatable bonds is 5. The number of piperazine rings is 1. The van der Waals surface area contributed by atoms with Crippen LogP contribution >= 0.6 is 0 Å². The first-order valence-electron chi connectivity index (χ1n) is 9.26. The van der Waals surface area contributed by atoms with Crippen LogP contribution in [0.4, 0.5) is 4.79 Å². The van der Waals surface area contributed by atoms with Crippen molar-refractivity contribution in [3.63, 3.8) is 0 Å². The molecule has 1 heterocycles. The number of nitrogens with one attached hydrogen (secondary N) is 1. The fourth-order valence-corrected chi connectivity index (χ4v) is 3.51. The van der Waals surface area contributed by atoms with Gasteiger partial charge in [0.05, 0.1) is 6.54 Å². The average molecular weight is 331 g/mol. The second kappa shape index (κ2) is 8.38. The molecular weight excluding hydrogens is 302 g/mol. The fraction of sp³-hybridized carbons (Fsp3) is 0.632. The topological polar surface area (TPSA) is 44.8 Å². The standard InChI is InChI=1S/C19H29N3O2/c1-2-21-10-12-22(13-11-21)19(23)20-9-14-24-18-8-7-16-5-3-4-6-17(16)15-18/h7-8,15H,2-6,9-14H2,1H3,(H,20,23). The van der Waals surface area contributed by atoms with Crippen LogP contribution in [-0.2, 0) is 12.8 Å². The molecule has 0 radical (unpaired) electrons. The van der Waals surface area contributed by atoms with Gasteiger partial charge in [0.1, 0.15) is 12.4 Å². The lowest BCUT2D eigenvalue weighted by Crippen LogP contribution is -2.52. The van der Waals surface area contributed by atoms with E-state index in [0.717, 1.165) is 44.9 Å². The number of carbonyl (C=O) groups excluding carboxylic acids is 1. The zero-order valence-corrected chi connectivity index (χ0v) is 14.7. The molecular formula is C19H29N3O2. The minimum Gasteiger partial charge on any atom is -0.492 e. The molecule has 24 heavy (non-hydrogen) atoms. The van der Waals surface area contributed by atoms with Gasteiger partial charge >= 0.3 is 6.03 Å². The van der Waals surface area contributed by atoms with E-state index in [1.54, 1.807) is 0 Å². The monoisotopic (exact) mass is 331 g/mol. The van der Waals surface area contributed by atoms with E-state index in [1.165, 1.54) is 30.4 Å². The van der Waals surface area contributed by atoms with Crippen molar-refractivity contribution in [3.05, 3.63) is 29.3 Å². The normalized spacial score (nSPS) is 18.1. The highest BCUT2D eigenvalue weighted by Gasteiger charge is 2.19. The van der Waals surface area contributed by atoms with Gasteiger partial charge in [0.25, 0.3) is 0 Å². The Bertz CT molecular complexity index is 554. The van der Waals surface area contributed by atoms with Crippen LogP contribution in [0, 0.1) is 0 Å². The number of hydrogen-bond acceptors (Lipinski definition) is 3. The second-order valence-electron chi connectivity index (χ2n) is 6.64. The van der Waals surface area contributed by atoms with E-state index in [0.29, 0.717) is 13.2 Å². The van der Waals surface area contributed by atoms with Gasteiger partial charge in [-0.05, 0) is 55.5 Å². The molecule has 1 saturated heterocycles. The lowest BCUT2D eigenvalue weighted by molar-refractivity contribution is 0.142. The molecule has 1 aromatic rings. The number of hydrogen-bond donors (Lipinski definition) is 1. The molecule has 1 N–H and O–H groups in total. The smallest absolute Gasteiger partial charge is 0.317 e. The van der Waals surface area contributed by atoms with Crippen molar-refractivity contribution in [1.82, 2.24) is 15.1 Å². The third kappa shape index (κ3) is 4.41. The Hall–Kier alpha value is -1.75. The number of fused-ring (bicyclic) bond motifs is 1. The van der Waals surface area contributed by atoms with Gasteiger partial charge in [0, 0.05) is 26.2 Å². The number of benzene rings is 1. The first-order chi connectivity index (χ1) is 11.8. The molecule has 0 bridgehead atoms. The van der Waals surface area contributed by atoms with Crippen molar-refractivity contribution in [2.75, 3.05) is 45.9 Å². The number of amides is 2. The maximum atomic E-state index is 12.1. The van der Waals surface area contributed by atoms with Crippen molar-refractivity contribution in [1.29, 1.82) is 0 Å². The number of nitrogens with zero attached hydrogens (tertiary/aromatic N) is 2. The summed E-state index contributed by atoms with van der Waals surface area (Å²) in [6, 6.07) is 6.44. The fourth-order valence-electron chi connectivity index (χ4n) is 3.51. The zero-order valence-electron chi connectivity index (χ0n) is 14.7. The minimum absolute atomic E-state index is 0.0276. The molecule has 1 fully saturated rings. The van der Waals surface area contributed by atoms with Crippen LogP contribution in [0.3, 0.4) is 0 Å². The molecule has 132 valence electrons. The molecule has 0 aromatic heterocycles. The summed E-state index contributed by atoms with van der Waals surface area (Å²) < 4.78 is 5.80. The summed E-state index contributed by atoms with van der Waals surface area (Å²) >= 11 is 0. The number of urea groups is 1. The molecule has 1 aromatic carbocycles. The van der Waals surface area contributed by atoms with Crippen LogP contribution in [0.25, 0.3) is 0 Å². The number of aryl methyl sites for hydroxylation is 2. The van der Waals surface area contributed by atoms with Gasteiger partial charge in [-0.3, -0.25) is 0 Å². The van der Waals surface area contributed by atoms with Crippen molar-refractivity contribution >= 4 is 6.03 Å². The Morgan fingerprint density at radius 2 is 1.88 bits per heavy atom. The van der Waals surface area contributed by atoms with E-state index in [9.17, 15) is 4.79 Å². The largest absolute Gasteiger partial charge is 0.492 e. The van der Waals surface area contributed by atoms with Gasteiger partial charge in [-0.25, -0.2) is 4.79 Å². The van der Waals surface area contributed by atoms with E-state index in [4.69, 9.17) is 4.74 Å². The van der Waals surface area contributed by atoms with Gasteiger partial charge in [-0.1, -0.05) is 13.0 Å². The van der Waals surface area contributed by atoms with E-state index < -0.39 is 0 Å². The van der Waals surface area contributed by atoms with Crippen LogP contribution in [0.15, 0.2) is 18.2 Å². The van der Waals surface area contributed by atoms with Crippen LogP contribution in [-0.4, -0.2) is 61.7 Å². The maximum Gasteiger partial charge on any atom is 0.317 e. The molecule has 2 amide bonds. The highest BCUT2D eigenvalue weighted by atomic mass is 16.5. The number of likely N-dealkylation sites (N-methyl/N-ethyl adjacent to an activating group) is 1. The summed E-state index contributed by atoms with van der Waals surface area (Å²) in [6.07, 6.45) is 4.92. The quantitative estimate of drug-likeness (QED) is 0.842. The SMILES string of the molecule is CCN1CCN(C(=O)NCCOc2ccc3c(c2)CCCC3)CC1. The lowest BCUT2D eigenvalue weighted by Gasteiger charge is -2.33. The summed E-state index contributed by atoms with van der Waals surface area (Å²) in [5.41, 5.74) is 2.89. The molecule has 5 nitrogen and oxygen atoms in total. The van der Waals surface area contributed by atoms with E-state index >= 15 is 0 Å². The van der Waals surface area contributed by atoms with Crippen molar-refractivity contribution < 1.29 is 9.53 Å². The van der Waals surface area contributed by atoms with Crippen molar-refractivity contribution in [2.45, 2.75) is 32.6 Å². The Balaban J connectivity index is 1.37. The Morgan fingerprint density at radius 1 is 1.12 bits per heavy atom. The molecule has 2 aliphatic rings.